The van der Waals surface area contributed by atoms with Gasteiger partial charge in [-0.25, -0.2) is 4.39 Å². The lowest BCUT2D eigenvalue weighted by molar-refractivity contribution is -0.143. The Morgan fingerprint density at radius 1 is 1.26 bits per heavy atom. The lowest BCUT2D eigenvalue weighted by atomic mass is 9.99. The number of aryl methyl sites for hydroxylation is 1. The predicted molar refractivity (Wildman–Crippen MR) is 136 cm³/mol. The number of hydrogen-bond acceptors (Lipinski definition) is 5. The highest BCUT2D eigenvalue weighted by molar-refractivity contribution is 6.31. The first kappa shape index (κ1) is 27.9. The van der Waals surface area contributed by atoms with Crippen LogP contribution in [0.25, 0.3) is 0 Å². The maximum atomic E-state index is 13.8. The Balaban J connectivity index is 1.53. The number of halogens is 3. The molecule has 3 atom stereocenters. The third-order valence-electron chi connectivity index (χ3n) is 6.39. The van der Waals surface area contributed by atoms with Gasteiger partial charge >= 0.3 is 5.97 Å². The van der Waals surface area contributed by atoms with E-state index in [1.807, 2.05) is 25.1 Å². The molecule has 2 aromatic rings. The summed E-state index contributed by atoms with van der Waals surface area (Å²) in [6, 6.07) is 10.7. The van der Waals surface area contributed by atoms with Gasteiger partial charge in [-0.3, -0.25) is 9.69 Å². The van der Waals surface area contributed by atoms with Crippen molar-refractivity contribution in [3.8, 4) is 0 Å². The van der Waals surface area contributed by atoms with E-state index >= 15 is 0 Å². The third-order valence-corrected chi connectivity index (χ3v) is 6.93. The van der Waals surface area contributed by atoms with E-state index in [0.717, 1.165) is 36.1 Å². The number of esters is 1. The van der Waals surface area contributed by atoms with Gasteiger partial charge in [0.1, 0.15) is 5.82 Å². The molecule has 0 unspecified atom stereocenters. The predicted octanol–water partition coefficient (Wildman–Crippen LogP) is 5.77. The van der Waals surface area contributed by atoms with Crippen LogP contribution in [-0.4, -0.2) is 54.4 Å². The van der Waals surface area contributed by atoms with Crippen molar-refractivity contribution in [2.45, 2.75) is 64.2 Å². The van der Waals surface area contributed by atoms with Crippen molar-refractivity contribution in [1.82, 2.24) is 4.90 Å². The van der Waals surface area contributed by atoms with E-state index in [9.17, 15) is 14.3 Å². The zero-order valence-electron chi connectivity index (χ0n) is 20.3. The second kappa shape index (κ2) is 13.6. The summed E-state index contributed by atoms with van der Waals surface area (Å²) >= 11 is 12.0. The van der Waals surface area contributed by atoms with E-state index in [4.69, 9.17) is 32.7 Å². The van der Waals surface area contributed by atoms with Crippen LogP contribution in [0.3, 0.4) is 0 Å². The van der Waals surface area contributed by atoms with E-state index in [0.29, 0.717) is 31.0 Å². The maximum Gasteiger partial charge on any atom is 0.306 e. The zero-order valence-corrected chi connectivity index (χ0v) is 21.8. The standard InChI is InChI=1S/C27H34Cl2FNO4/c1-3-34-27(33)11-7-20-15-21(28)8-9-24(20)18(2)35-17-23(32)16-31-12-4-5-22(31)13-19-6-10-25(29)26(30)14-19/h6,8-10,14-15,18,22-23,32H,3-5,7,11-13,16-17H2,1-2H3/t18-,22+,23-/m1/s1. The number of ether oxygens (including phenoxy) is 2. The summed E-state index contributed by atoms with van der Waals surface area (Å²) in [6.45, 7) is 5.63. The molecule has 1 N–H and O–H groups in total. The minimum absolute atomic E-state index is 0.128. The monoisotopic (exact) mass is 525 g/mol. The fourth-order valence-corrected chi connectivity index (χ4v) is 4.94. The van der Waals surface area contributed by atoms with Crippen LogP contribution in [-0.2, 0) is 27.1 Å². The van der Waals surface area contributed by atoms with E-state index < -0.39 is 11.9 Å². The van der Waals surface area contributed by atoms with Crippen molar-refractivity contribution in [1.29, 1.82) is 0 Å². The molecule has 1 fully saturated rings. The van der Waals surface area contributed by atoms with E-state index in [1.54, 1.807) is 19.1 Å². The van der Waals surface area contributed by atoms with Crippen LogP contribution >= 0.6 is 23.2 Å². The SMILES string of the molecule is CCOC(=O)CCc1cc(Cl)ccc1[C@@H](C)OC[C@H](O)CN1CCC[C@H]1Cc1ccc(Cl)c(F)c1. The number of aliphatic hydroxyl groups is 1. The van der Waals surface area contributed by atoms with Gasteiger partial charge in [-0.05, 0) is 87.0 Å². The average molecular weight is 526 g/mol. The molecule has 0 radical (unpaired) electrons. The van der Waals surface area contributed by atoms with Crippen molar-refractivity contribution < 1.29 is 23.8 Å². The van der Waals surface area contributed by atoms with Crippen molar-refractivity contribution in [3.63, 3.8) is 0 Å². The van der Waals surface area contributed by atoms with Gasteiger partial charge in [0.25, 0.3) is 0 Å². The van der Waals surface area contributed by atoms with Crippen LogP contribution in [0.4, 0.5) is 4.39 Å². The molecule has 1 saturated heterocycles. The lowest BCUT2D eigenvalue weighted by Crippen LogP contribution is -2.39. The number of hydrogen-bond donors (Lipinski definition) is 1. The molecule has 1 aliphatic heterocycles. The summed E-state index contributed by atoms with van der Waals surface area (Å²) < 4.78 is 24.9. The lowest BCUT2D eigenvalue weighted by Gasteiger charge is -2.27. The largest absolute Gasteiger partial charge is 0.466 e. The molecule has 3 rings (SSSR count). The van der Waals surface area contributed by atoms with Crippen LogP contribution in [0, 0.1) is 5.82 Å². The summed E-state index contributed by atoms with van der Waals surface area (Å²) in [4.78, 5) is 14.0. The number of likely N-dealkylation sites (tertiary alicyclic amines) is 1. The molecular weight excluding hydrogens is 492 g/mol. The minimum atomic E-state index is -0.657. The Hall–Kier alpha value is -1.70. The Bertz CT molecular complexity index is 990. The van der Waals surface area contributed by atoms with Gasteiger partial charge in [0.2, 0.25) is 0 Å². The van der Waals surface area contributed by atoms with E-state index in [-0.39, 0.29) is 36.2 Å². The molecule has 35 heavy (non-hydrogen) atoms. The van der Waals surface area contributed by atoms with Gasteiger partial charge in [-0.15, -0.1) is 0 Å². The van der Waals surface area contributed by atoms with Crippen molar-refractivity contribution in [2.75, 3.05) is 26.3 Å². The van der Waals surface area contributed by atoms with Crippen molar-refractivity contribution in [3.05, 3.63) is 69.0 Å². The second-order valence-corrected chi connectivity index (χ2v) is 9.86. The topological polar surface area (TPSA) is 59.0 Å². The van der Waals surface area contributed by atoms with E-state index in [1.165, 1.54) is 6.07 Å². The number of nitrogens with zero attached hydrogens (tertiary/aromatic N) is 1. The van der Waals surface area contributed by atoms with Gasteiger partial charge in [-0.2, -0.15) is 0 Å². The Morgan fingerprint density at radius 3 is 2.80 bits per heavy atom. The smallest absolute Gasteiger partial charge is 0.306 e. The molecule has 1 heterocycles. The van der Waals surface area contributed by atoms with Crippen LogP contribution in [0.1, 0.15) is 55.9 Å². The Morgan fingerprint density at radius 2 is 2.06 bits per heavy atom. The maximum absolute atomic E-state index is 13.8. The molecule has 0 amide bonds. The van der Waals surface area contributed by atoms with Gasteiger partial charge in [-0.1, -0.05) is 35.3 Å². The highest BCUT2D eigenvalue weighted by Gasteiger charge is 2.27. The quantitative estimate of drug-likeness (QED) is 0.356. The highest BCUT2D eigenvalue weighted by Crippen LogP contribution is 2.27. The molecule has 0 aromatic heterocycles. The van der Waals surface area contributed by atoms with Gasteiger partial charge in [0.05, 0.1) is 30.4 Å². The van der Waals surface area contributed by atoms with Gasteiger partial charge < -0.3 is 14.6 Å². The molecule has 192 valence electrons. The Kier molecular flexibility index (Phi) is 10.8. The first-order valence-electron chi connectivity index (χ1n) is 12.2. The number of carbonyl (C=O) groups is 1. The van der Waals surface area contributed by atoms with Crippen LogP contribution in [0.2, 0.25) is 10.0 Å². The number of rotatable bonds is 12. The second-order valence-electron chi connectivity index (χ2n) is 9.02. The fraction of sp³-hybridized carbons (Fsp3) is 0.519. The molecule has 8 heteroatoms. The molecule has 0 aliphatic carbocycles. The number of benzene rings is 2. The summed E-state index contributed by atoms with van der Waals surface area (Å²) in [5, 5.41) is 11.4. The number of aliphatic hydroxyl groups excluding tert-OH is 1. The highest BCUT2D eigenvalue weighted by atomic mass is 35.5. The van der Waals surface area contributed by atoms with Crippen molar-refractivity contribution in [2.24, 2.45) is 0 Å². The Labute approximate surface area is 217 Å². The molecular formula is C27H34Cl2FNO4. The third kappa shape index (κ3) is 8.43. The van der Waals surface area contributed by atoms with Crippen LogP contribution in [0.5, 0.6) is 0 Å². The van der Waals surface area contributed by atoms with Gasteiger partial charge in [0, 0.05) is 24.0 Å². The number of carbonyl (C=O) groups excluding carboxylic acids is 1. The summed E-state index contributed by atoms with van der Waals surface area (Å²) in [6.07, 6.45) is 2.60. The summed E-state index contributed by atoms with van der Waals surface area (Å²) in [7, 11) is 0. The van der Waals surface area contributed by atoms with Crippen molar-refractivity contribution >= 4 is 29.2 Å². The van der Waals surface area contributed by atoms with Gasteiger partial charge in [0.15, 0.2) is 0 Å². The summed E-state index contributed by atoms with van der Waals surface area (Å²) in [5.74, 6) is -0.649. The van der Waals surface area contributed by atoms with E-state index in [2.05, 4.69) is 4.90 Å². The average Bonchev–Trinajstić information content (AvgIpc) is 3.25. The molecule has 0 spiro atoms. The molecule has 1 aliphatic rings. The van der Waals surface area contributed by atoms with Crippen LogP contribution in [0.15, 0.2) is 36.4 Å². The minimum Gasteiger partial charge on any atom is -0.466 e. The fourth-order valence-electron chi connectivity index (χ4n) is 4.63. The molecule has 0 bridgehead atoms. The number of β-amino-alcohol motifs (C(OH)–C–C–N with tert-alkyl or cyclic N) is 1. The van der Waals surface area contributed by atoms with Crippen LogP contribution < -0.4 is 0 Å². The first-order chi connectivity index (χ1) is 16.8. The summed E-state index contributed by atoms with van der Waals surface area (Å²) in [5.41, 5.74) is 2.78. The normalized spacial score (nSPS) is 17.9. The molecule has 0 saturated carbocycles. The zero-order chi connectivity index (χ0) is 25.4. The first-order valence-corrected chi connectivity index (χ1v) is 12.9. The molecule has 2 aromatic carbocycles. The molecule has 5 nitrogen and oxygen atoms in total.